The fourth-order valence-electron chi connectivity index (χ4n) is 3.29. The van der Waals surface area contributed by atoms with Crippen molar-refractivity contribution in [1.29, 1.82) is 5.26 Å². The molecule has 30 heavy (non-hydrogen) atoms. The molecule has 0 spiro atoms. The quantitative estimate of drug-likeness (QED) is 0.513. The lowest BCUT2D eigenvalue weighted by Crippen LogP contribution is -2.40. The van der Waals surface area contributed by atoms with Gasteiger partial charge in [0.25, 0.3) is 5.56 Å². The molecule has 0 amide bonds. The molecule has 3 heterocycles. The summed E-state index contributed by atoms with van der Waals surface area (Å²) >= 11 is 0. The maximum atomic E-state index is 12.2. The van der Waals surface area contributed by atoms with Crippen LogP contribution in [-0.2, 0) is 33.3 Å². The average molecular weight is 418 g/mol. The summed E-state index contributed by atoms with van der Waals surface area (Å²) < 4.78 is 22.9. The van der Waals surface area contributed by atoms with Gasteiger partial charge in [-0.05, 0) is 0 Å². The molecule has 3 unspecified atom stereocenters. The van der Waals surface area contributed by atoms with E-state index in [-0.39, 0.29) is 23.2 Å². The molecule has 0 aromatic carbocycles. The number of aromatic nitrogens is 3. The highest BCUT2D eigenvalue weighted by molar-refractivity contribution is 5.82. The molecule has 2 aromatic heterocycles. The second-order valence-electron chi connectivity index (χ2n) is 6.51. The van der Waals surface area contributed by atoms with E-state index in [2.05, 4.69) is 9.97 Å². The molecule has 3 rings (SSSR count). The first-order valence-electron chi connectivity index (χ1n) is 8.84. The molecule has 12 heteroatoms. The molecule has 12 nitrogen and oxygen atoms in total. The van der Waals surface area contributed by atoms with E-state index in [0.717, 1.165) is 6.33 Å². The predicted molar refractivity (Wildman–Crippen MR) is 96.7 cm³/mol. The summed E-state index contributed by atoms with van der Waals surface area (Å²) in [4.78, 5) is 53.3. The second-order valence-corrected chi connectivity index (χ2v) is 6.51. The van der Waals surface area contributed by atoms with Gasteiger partial charge in [-0.3, -0.25) is 19.2 Å². The first kappa shape index (κ1) is 21.0. The molecule has 0 bridgehead atoms. The SMILES string of the molecule is CC(=O)OCC1O[C@@H](n2cc(C#N)c3c(=O)[nH]cnc32)C(OC(C)=O)C1OC(C)=O. The van der Waals surface area contributed by atoms with Crippen LogP contribution in [0.15, 0.2) is 17.3 Å². The Kier molecular flexibility index (Phi) is 5.84. The summed E-state index contributed by atoms with van der Waals surface area (Å²) in [6.45, 7) is 3.26. The summed E-state index contributed by atoms with van der Waals surface area (Å²) in [5.41, 5.74) is -0.408. The van der Waals surface area contributed by atoms with Gasteiger partial charge in [0, 0.05) is 27.0 Å². The number of aromatic amines is 1. The Labute approximate surface area is 169 Å². The highest BCUT2D eigenvalue weighted by atomic mass is 16.7. The van der Waals surface area contributed by atoms with Crippen LogP contribution in [0.25, 0.3) is 11.0 Å². The topological polar surface area (TPSA) is 163 Å². The maximum absolute atomic E-state index is 12.2. The van der Waals surface area contributed by atoms with Crippen molar-refractivity contribution in [3.8, 4) is 6.07 Å². The third-order valence-electron chi connectivity index (χ3n) is 4.35. The molecular formula is C18H18N4O8. The van der Waals surface area contributed by atoms with E-state index in [1.807, 2.05) is 6.07 Å². The number of hydrogen-bond acceptors (Lipinski definition) is 10. The lowest BCUT2D eigenvalue weighted by Gasteiger charge is -2.24. The highest BCUT2D eigenvalue weighted by Gasteiger charge is 2.51. The summed E-state index contributed by atoms with van der Waals surface area (Å²) in [5.74, 6) is -1.93. The van der Waals surface area contributed by atoms with Gasteiger partial charge in [0.15, 0.2) is 24.1 Å². The number of rotatable bonds is 5. The molecule has 1 aliphatic heterocycles. The van der Waals surface area contributed by atoms with Crippen LogP contribution in [0.5, 0.6) is 0 Å². The van der Waals surface area contributed by atoms with Crippen molar-refractivity contribution in [2.45, 2.75) is 45.3 Å². The third-order valence-corrected chi connectivity index (χ3v) is 4.35. The Morgan fingerprint density at radius 2 is 1.87 bits per heavy atom. The lowest BCUT2D eigenvalue weighted by molar-refractivity contribution is -0.166. The maximum Gasteiger partial charge on any atom is 0.303 e. The third kappa shape index (κ3) is 4.01. The number of fused-ring (bicyclic) bond motifs is 1. The fraction of sp³-hybridized carbons (Fsp3) is 0.444. The molecule has 1 saturated heterocycles. The minimum atomic E-state index is -1.16. The Morgan fingerprint density at radius 1 is 1.20 bits per heavy atom. The zero-order chi connectivity index (χ0) is 22.0. The molecule has 0 radical (unpaired) electrons. The van der Waals surface area contributed by atoms with Crippen LogP contribution in [0.4, 0.5) is 0 Å². The van der Waals surface area contributed by atoms with Gasteiger partial charge in [-0.15, -0.1) is 0 Å². The summed E-state index contributed by atoms with van der Waals surface area (Å²) in [6, 6.07) is 1.91. The van der Waals surface area contributed by atoms with Gasteiger partial charge >= 0.3 is 17.9 Å². The Morgan fingerprint density at radius 3 is 2.47 bits per heavy atom. The van der Waals surface area contributed by atoms with E-state index in [0.29, 0.717) is 0 Å². The number of hydrogen-bond donors (Lipinski definition) is 1. The van der Waals surface area contributed by atoms with Crippen LogP contribution in [0.1, 0.15) is 32.6 Å². The lowest BCUT2D eigenvalue weighted by atomic mass is 10.1. The van der Waals surface area contributed by atoms with Crippen molar-refractivity contribution in [3.63, 3.8) is 0 Å². The van der Waals surface area contributed by atoms with Crippen molar-refractivity contribution in [2.75, 3.05) is 6.61 Å². The van der Waals surface area contributed by atoms with Gasteiger partial charge in [-0.2, -0.15) is 5.26 Å². The van der Waals surface area contributed by atoms with E-state index >= 15 is 0 Å². The van der Waals surface area contributed by atoms with Gasteiger partial charge in [0.2, 0.25) is 0 Å². The number of nitrogens with zero attached hydrogens (tertiary/aromatic N) is 3. The normalized spacial score (nSPS) is 23.0. The van der Waals surface area contributed by atoms with Crippen molar-refractivity contribution < 1.29 is 33.3 Å². The Balaban J connectivity index is 2.11. The van der Waals surface area contributed by atoms with E-state index in [4.69, 9.17) is 18.9 Å². The van der Waals surface area contributed by atoms with E-state index in [9.17, 15) is 24.4 Å². The molecule has 158 valence electrons. The fourth-order valence-corrected chi connectivity index (χ4v) is 3.29. The second kappa shape index (κ2) is 8.34. The predicted octanol–water partition coefficient (Wildman–Crippen LogP) is -0.0798. The van der Waals surface area contributed by atoms with Crippen molar-refractivity contribution in [3.05, 3.63) is 28.4 Å². The smallest absolute Gasteiger partial charge is 0.303 e. The molecule has 0 saturated carbocycles. The van der Waals surface area contributed by atoms with Crippen LogP contribution >= 0.6 is 0 Å². The first-order chi connectivity index (χ1) is 14.2. The number of carbonyl (C=O) groups excluding carboxylic acids is 3. The molecule has 1 fully saturated rings. The zero-order valence-corrected chi connectivity index (χ0v) is 16.3. The Hall–Kier alpha value is -3.72. The number of carbonyl (C=O) groups is 3. The molecule has 0 aliphatic carbocycles. The monoisotopic (exact) mass is 418 g/mol. The first-order valence-corrected chi connectivity index (χ1v) is 8.84. The number of H-pyrrole nitrogens is 1. The van der Waals surface area contributed by atoms with Gasteiger partial charge in [-0.1, -0.05) is 0 Å². The molecule has 1 N–H and O–H groups in total. The van der Waals surface area contributed by atoms with Crippen LogP contribution in [0.3, 0.4) is 0 Å². The molecule has 1 aliphatic rings. The van der Waals surface area contributed by atoms with E-state index in [1.165, 1.54) is 31.5 Å². The highest BCUT2D eigenvalue weighted by Crippen LogP contribution is 2.36. The van der Waals surface area contributed by atoms with Gasteiger partial charge in [0.05, 0.1) is 11.9 Å². The zero-order valence-electron chi connectivity index (χ0n) is 16.3. The van der Waals surface area contributed by atoms with Gasteiger partial charge in [-0.25, -0.2) is 4.98 Å². The van der Waals surface area contributed by atoms with Crippen LogP contribution in [0, 0.1) is 11.3 Å². The molecular weight excluding hydrogens is 400 g/mol. The van der Waals surface area contributed by atoms with Gasteiger partial charge < -0.3 is 28.5 Å². The molecule has 4 atom stereocenters. The van der Waals surface area contributed by atoms with Crippen LogP contribution in [-0.4, -0.2) is 57.4 Å². The van der Waals surface area contributed by atoms with Crippen LogP contribution in [0.2, 0.25) is 0 Å². The van der Waals surface area contributed by atoms with Crippen LogP contribution < -0.4 is 5.56 Å². The minimum Gasteiger partial charge on any atom is -0.463 e. The minimum absolute atomic E-state index is 0.0250. The number of esters is 3. The van der Waals surface area contributed by atoms with Gasteiger partial charge in [0.1, 0.15) is 24.2 Å². The summed E-state index contributed by atoms with van der Waals surface area (Å²) in [6.07, 6.45) is -1.88. The number of ether oxygens (including phenoxy) is 4. The standard InChI is InChI=1S/C18H18N4O8/c1-8(23)27-6-12-14(28-9(2)24)15(29-10(3)25)18(30-12)22-5-11(4-19)13-16(22)20-7-21-17(13)26/h5,7,12,14-15,18H,6H2,1-3H3,(H,20,21,26)/t12?,14?,15?,18-/m1/s1. The average Bonchev–Trinajstić information content (AvgIpc) is 3.19. The van der Waals surface area contributed by atoms with E-state index in [1.54, 1.807) is 0 Å². The van der Waals surface area contributed by atoms with Crippen molar-refractivity contribution in [1.82, 2.24) is 14.5 Å². The number of nitrogens with one attached hydrogen (secondary N) is 1. The summed E-state index contributed by atoms with van der Waals surface area (Å²) in [5, 5.41) is 9.42. The Bertz CT molecular complexity index is 1100. The number of nitriles is 1. The molecule has 2 aromatic rings. The summed E-state index contributed by atoms with van der Waals surface area (Å²) in [7, 11) is 0. The van der Waals surface area contributed by atoms with Crippen molar-refractivity contribution in [2.24, 2.45) is 0 Å². The van der Waals surface area contributed by atoms with Crippen molar-refractivity contribution >= 4 is 28.9 Å². The van der Waals surface area contributed by atoms with E-state index < -0.39 is 48.0 Å². The largest absolute Gasteiger partial charge is 0.463 e.